The first-order valence-electron chi connectivity index (χ1n) is 17.7. The first-order valence-corrected chi connectivity index (χ1v) is 17.7. The van der Waals surface area contributed by atoms with E-state index in [2.05, 4.69) is 167 Å². The van der Waals surface area contributed by atoms with E-state index in [1.807, 2.05) is 12.4 Å². The third kappa shape index (κ3) is 5.18. The summed E-state index contributed by atoms with van der Waals surface area (Å²) in [5, 5.41) is 2.35. The lowest BCUT2D eigenvalue weighted by atomic mass is 9.58. The number of fused-ring (bicyclic) bond motifs is 6. The molecule has 6 nitrogen and oxygen atoms in total. The summed E-state index contributed by atoms with van der Waals surface area (Å²) in [4.78, 5) is 12.2. The Bertz CT molecular complexity index is 2370. The Morgan fingerprint density at radius 1 is 0.700 bits per heavy atom. The van der Waals surface area contributed by atoms with Gasteiger partial charge >= 0.3 is 6.98 Å². The Labute approximate surface area is 295 Å². The van der Waals surface area contributed by atoms with Crippen LogP contribution in [-0.4, -0.2) is 33.0 Å². The van der Waals surface area contributed by atoms with Gasteiger partial charge in [-0.3, -0.25) is 4.57 Å². The van der Waals surface area contributed by atoms with Gasteiger partial charge in [0, 0.05) is 46.7 Å². The summed E-state index contributed by atoms with van der Waals surface area (Å²) in [7, 11) is 2.20. The number of rotatable bonds is 6. The van der Waals surface area contributed by atoms with Crippen molar-refractivity contribution in [3.8, 4) is 28.7 Å². The highest BCUT2D eigenvalue weighted by molar-refractivity contribution is 6.77. The van der Waals surface area contributed by atoms with Crippen molar-refractivity contribution in [3.05, 3.63) is 126 Å². The molecule has 7 aromatic rings. The molecule has 4 aromatic carbocycles. The molecule has 50 heavy (non-hydrogen) atoms. The third-order valence-electron chi connectivity index (χ3n) is 10.3. The number of anilines is 1. The van der Waals surface area contributed by atoms with Crippen molar-refractivity contribution in [1.29, 1.82) is 0 Å². The average molecular weight is 658 g/mol. The zero-order chi connectivity index (χ0) is 34.9. The molecule has 0 spiro atoms. The molecule has 0 bridgehead atoms. The van der Waals surface area contributed by atoms with Crippen molar-refractivity contribution in [2.24, 2.45) is 0 Å². The van der Waals surface area contributed by atoms with Crippen LogP contribution in [0.5, 0.6) is 11.5 Å². The standard InChI is InChI=1S/C43H44BN5O/c1-27(2)32-13-11-14-33(28(3)4)41(32)44-47(8)37-19-17-30(25-36(37)42-46-22-23-48(42)44)50-31-16-18-35-34-12-9-10-15-38(34)49(39(35)26-31)40-24-29(20-21-45-40)43(5,6)7/h9-28H,1-8H3. The number of ether oxygens (including phenoxy) is 1. The fourth-order valence-corrected chi connectivity index (χ4v) is 7.75. The van der Waals surface area contributed by atoms with E-state index < -0.39 is 0 Å². The molecule has 250 valence electrons. The average Bonchev–Trinajstić information content (AvgIpc) is 3.71. The third-order valence-corrected chi connectivity index (χ3v) is 10.3. The van der Waals surface area contributed by atoms with Gasteiger partial charge in [0.2, 0.25) is 0 Å². The summed E-state index contributed by atoms with van der Waals surface area (Å²) in [6, 6.07) is 32.4. The molecule has 0 atom stereocenters. The number of pyridine rings is 1. The van der Waals surface area contributed by atoms with Gasteiger partial charge in [0.1, 0.15) is 23.1 Å². The molecule has 8 rings (SSSR count). The number of benzene rings is 4. The van der Waals surface area contributed by atoms with E-state index in [4.69, 9.17) is 14.7 Å². The smallest absolute Gasteiger partial charge is 0.417 e. The van der Waals surface area contributed by atoms with Crippen LogP contribution in [0, 0.1) is 0 Å². The molecule has 0 aliphatic carbocycles. The SMILES string of the molecule is CC(C)c1cccc(C(C)C)c1B1N(C)c2ccc(Oc3ccc4c5ccccc5n(-c5cc(C(C)(C)C)ccn5)c4c3)cc2-c2nccn21. The zero-order valence-corrected chi connectivity index (χ0v) is 30.3. The Morgan fingerprint density at radius 2 is 1.40 bits per heavy atom. The molecule has 3 aromatic heterocycles. The van der Waals surface area contributed by atoms with E-state index in [9.17, 15) is 0 Å². The molecular formula is C43H44BN5O. The van der Waals surface area contributed by atoms with Gasteiger partial charge in [0.15, 0.2) is 0 Å². The Morgan fingerprint density at radius 3 is 2.14 bits per heavy atom. The van der Waals surface area contributed by atoms with Crippen LogP contribution in [0.15, 0.2) is 110 Å². The maximum Gasteiger partial charge on any atom is 0.417 e. The molecular weight excluding hydrogens is 613 g/mol. The van der Waals surface area contributed by atoms with Crippen molar-refractivity contribution in [3.63, 3.8) is 0 Å². The Hall–Kier alpha value is -5.30. The summed E-state index contributed by atoms with van der Waals surface area (Å²) in [5.41, 5.74) is 9.75. The lowest BCUT2D eigenvalue weighted by molar-refractivity contribution is 0.483. The van der Waals surface area contributed by atoms with Crippen molar-refractivity contribution in [2.75, 3.05) is 11.9 Å². The molecule has 7 heteroatoms. The Kier molecular flexibility index (Phi) is 7.63. The number of imidazole rings is 1. The van der Waals surface area contributed by atoms with Crippen molar-refractivity contribution in [1.82, 2.24) is 19.0 Å². The number of para-hydroxylation sites is 1. The molecule has 0 saturated carbocycles. The fraction of sp³-hybridized carbons (Fsp3) is 0.256. The lowest BCUT2D eigenvalue weighted by Crippen LogP contribution is -2.56. The van der Waals surface area contributed by atoms with Crippen LogP contribution in [0.4, 0.5) is 5.69 Å². The van der Waals surface area contributed by atoms with Gasteiger partial charge in [-0.2, -0.15) is 0 Å². The van der Waals surface area contributed by atoms with Crippen LogP contribution in [0.2, 0.25) is 0 Å². The van der Waals surface area contributed by atoms with Crippen LogP contribution in [0.1, 0.15) is 77.0 Å². The largest absolute Gasteiger partial charge is 0.457 e. The van der Waals surface area contributed by atoms with E-state index >= 15 is 0 Å². The first kappa shape index (κ1) is 31.9. The summed E-state index contributed by atoms with van der Waals surface area (Å²) in [6.45, 7) is 15.9. The van der Waals surface area contributed by atoms with Gasteiger partial charge in [-0.25, -0.2) is 9.97 Å². The van der Waals surface area contributed by atoms with Gasteiger partial charge < -0.3 is 14.0 Å². The topological polar surface area (TPSA) is 48.1 Å². The van der Waals surface area contributed by atoms with Gasteiger partial charge in [-0.1, -0.05) is 84.9 Å². The molecule has 0 unspecified atom stereocenters. The normalized spacial score (nSPS) is 13.1. The van der Waals surface area contributed by atoms with Crippen LogP contribution >= 0.6 is 0 Å². The van der Waals surface area contributed by atoms with Crippen molar-refractivity contribution < 1.29 is 4.74 Å². The predicted molar refractivity (Wildman–Crippen MR) is 209 cm³/mol. The second-order valence-corrected chi connectivity index (χ2v) is 15.3. The second kappa shape index (κ2) is 11.9. The maximum absolute atomic E-state index is 6.67. The van der Waals surface area contributed by atoms with Crippen molar-refractivity contribution in [2.45, 2.75) is 65.7 Å². The second-order valence-electron chi connectivity index (χ2n) is 15.3. The molecule has 1 aliphatic rings. The summed E-state index contributed by atoms with van der Waals surface area (Å²) in [5.74, 6) is 4.18. The molecule has 4 heterocycles. The number of hydrogen-bond donors (Lipinski definition) is 0. The number of aromatic nitrogens is 4. The molecule has 0 N–H and O–H groups in total. The predicted octanol–water partition coefficient (Wildman–Crippen LogP) is 10.1. The van der Waals surface area contributed by atoms with E-state index in [0.29, 0.717) is 11.8 Å². The maximum atomic E-state index is 6.67. The van der Waals surface area contributed by atoms with E-state index in [1.165, 1.54) is 32.9 Å². The highest BCUT2D eigenvalue weighted by Gasteiger charge is 2.38. The van der Waals surface area contributed by atoms with Crippen LogP contribution in [-0.2, 0) is 5.41 Å². The molecule has 0 fully saturated rings. The van der Waals surface area contributed by atoms with E-state index in [0.717, 1.165) is 45.4 Å². The Balaban J connectivity index is 1.20. The summed E-state index contributed by atoms with van der Waals surface area (Å²) >= 11 is 0. The quantitative estimate of drug-likeness (QED) is 0.167. The molecule has 1 aliphatic heterocycles. The zero-order valence-electron chi connectivity index (χ0n) is 30.3. The minimum atomic E-state index is -0.00232. The van der Waals surface area contributed by atoms with Crippen LogP contribution in [0.3, 0.4) is 0 Å². The lowest BCUT2D eigenvalue weighted by Gasteiger charge is -2.37. The number of hydrogen-bond acceptors (Lipinski definition) is 4. The van der Waals surface area contributed by atoms with E-state index in [-0.39, 0.29) is 12.4 Å². The minimum Gasteiger partial charge on any atom is -0.457 e. The molecule has 0 amide bonds. The number of nitrogens with zero attached hydrogens (tertiary/aromatic N) is 5. The van der Waals surface area contributed by atoms with Gasteiger partial charge in [0.05, 0.1) is 11.0 Å². The monoisotopic (exact) mass is 657 g/mol. The highest BCUT2D eigenvalue weighted by atomic mass is 16.5. The van der Waals surface area contributed by atoms with Gasteiger partial charge in [-0.15, -0.1) is 0 Å². The molecule has 0 saturated heterocycles. The van der Waals surface area contributed by atoms with Gasteiger partial charge in [0.25, 0.3) is 0 Å². The summed E-state index contributed by atoms with van der Waals surface area (Å²) < 4.78 is 11.2. The minimum absolute atomic E-state index is 0.00232. The molecule has 0 radical (unpaired) electrons. The summed E-state index contributed by atoms with van der Waals surface area (Å²) in [6.07, 6.45) is 5.95. The van der Waals surface area contributed by atoms with Crippen LogP contribution in [0.25, 0.3) is 39.0 Å². The first-order chi connectivity index (χ1) is 24.0. The fourth-order valence-electron chi connectivity index (χ4n) is 7.75. The van der Waals surface area contributed by atoms with Crippen molar-refractivity contribution >= 4 is 39.9 Å². The highest BCUT2D eigenvalue weighted by Crippen LogP contribution is 2.41. The van der Waals surface area contributed by atoms with Crippen LogP contribution < -0.4 is 15.0 Å². The van der Waals surface area contributed by atoms with E-state index in [1.54, 1.807) is 0 Å². The van der Waals surface area contributed by atoms with Gasteiger partial charge in [-0.05, 0) is 95.0 Å².